The van der Waals surface area contributed by atoms with Crippen LogP contribution in [-0.4, -0.2) is 89.6 Å². The molecule has 0 bridgehead atoms. The molecule has 1 fully saturated rings. The van der Waals surface area contributed by atoms with E-state index in [1.807, 2.05) is 18.2 Å². The highest BCUT2D eigenvalue weighted by Crippen LogP contribution is 2.10. The SMILES string of the molecule is CCOC(=O)N1CCN(C(=O)C(C[C@H](O)CO)NC(=O)OCc2ccccc2)CC1. The van der Waals surface area contributed by atoms with Gasteiger partial charge in [0, 0.05) is 32.6 Å². The first kappa shape index (κ1) is 23.4. The van der Waals surface area contributed by atoms with Gasteiger partial charge in [0.25, 0.3) is 0 Å². The van der Waals surface area contributed by atoms with Crippen molar-refractivity contribution in [3.63, 3.8) is 0 Å². The van der Waals surface area contributed by atoms with E-state index in [1.54, 1.807) is 19.1 Å². The van der Waals surface area contributed by atoms with Crippen molar-refractivity contribution < 1.29 is 34.1 Å². The first-order valence-corrected chi connectivity index (χ1v) is 9.91. The van der Waals surface area contributed by atoms with E-state index >= 15 is 0 Å². The number of hydrogen-bond donors (Lipinski definition) is 3. The summed E-state index contributed by atoms with van der Waals surface area (Å²) < 4.78 is 10.1. The fourth-order valence-electron chi connectivity index (χ4n) is 3.02. The quantitative estimate of drug-likeness (QED) is 0.549. The van der Waals surface area contributed by atoms with Gasteiger partial charge in [0.2, 0.25) is 5.91 Å². The molecule has 0 aliphatic carbocycles. The summed E-state index contributed by atoms with van der Waals surface area (Å²) in [6.45, 7) is 2.63. The number of amides is 3. The van der Waals surface area contributed by atoms with Crippen LogP contribution in [0.4, 0.5) is 9.59 Å². The van der Waals surface area contributed by atoms with E-state index in [-0.39, 0.29) is 32.7 Å². The van der Waals surface area contributed by atoms with Gasteiger partial charge in [-0.15, -0.1) is 0 Å². The molecular weight excluding hydrogens is 394 g/mol. The number of alkyl carbamates (subject to hydrolysis) is 1. The minimum atomic E-state index is -1.17. The average Bonchev–Trinajstić information content (AvgIpc) is 2.77. The average molecular weight is 423 g/mol. The summed E-state index contributed by atoms with van der Waals surface area (Å²) in [5.41, 5.74) is 0.793. The second-order valence-electron chi connectivity index (χ2n) is 6.84. The lowest BCUT2D eigenvalue weighted by molar-refractivity contribution is -0.136. The van der Waals surface area contributed by atoms with Crippen LogP contribution in [0.2, 0.25) is 0 Å². The summed E-state index contributed by atoms with van der Waals surface area (Å²) in [5, 5.41) is 21.4. The number of carbonyl (C=O) groups is 3. The summed E-state index contributed by atoms with van der Waals surface area (Å²) in [6.07, 6.45) is -2.56. The Kier molecular flexibility index (Phi) is 9.36. The first-order valence-electron chi connectivity index (χ1n) is 9.91. The Balaban J connectivity index is 1.92. The summed E-state index contributed by atoms with van der Waals surface area (Å²) in [5.74, 6) is -0.414. The first-order chi connectivity index (χ1) is 14.4. The molecule has 0 saturated carbocycles. The van der Waals surface area contributed by atoms with Crippen LogP contribution in [0.3, 0.4) is 0 Å². The van der Waals surface area contributed by atoms with Crippen LogP contribution in [-0.2, 0) is 20.9 Å². The fourth-order valence-corrected chi connectivity index (χ4v) is 3.02. The van der Waals surface area contributed by atoms with Crippen LogP contribution in [0.1, 0.15) is 18.9 Å². The Labute approximate surface area is 175 Å². The molecule has 1 aliphatic heterocycles. The predicted molar refractivity (Wildman–Crippen MR) is 106 cm³/mol. The maximum absolute atomic E-state index is 12.9. The highest BCUT2D eigenvalue weighted by Gasteiger charge is 2.31. The van der Waals surface area contributed by atoms with Crippen LogP contribution >= 0.6 is 0 Å². The van der Waals surface area contributed by atoms with Gasteiger partial charge in [-0.25, -0.2) is 9.59 Å². The van der Waals surface area contributed by atoms with Gasteiger partial charge in [-0.1, -0.05) is 30.3 Å². The lowest BCUT2D eigenvalue weighted by Crippen LogP contribution is -2.56. The van der Waals surface area contributed by atoms with Crippen molar-refractivity contribution >= 4 is 18.1 Å². The third-order valence-electron chi connectivity index (χ3n) is 4.64. The van der Waals surface area contributed by atoms with Crippen molar-refractivity contribution in [3.05, 3.63) is 35.9 Å². The smallest absolute Gasteiger partial charge is 0.409 e. The van der Waals surface area contributed by atoms with E-state index in [4.69, 9.17) is 14.6 Å². The normalized spacial score (nSPS) is 15.8. The van der Waals surface area contributed by atoms with Crippen molar-refractivity contribution in [2.75, 3.05) is 39.4 Å². The Bertz CT molecular complexity index is 693. The number of nitrogens with one attached hydrogen (secondary N) is 1. The van der Waals surface area contributed by atoms with Gasteiger partial charge in [0.05, 0.1) is 19.3 Å². The number of carbonyl (C=O) groups excluding carboxylic acids is 3. The number of benzene rings is 1. The summed E-state index contributed by atoms with van der Waals surface area (Å²) in [4.78, 5) is 39.9. The Morgan fingerprint density at radius 2 is 1.70 bits per heavy atom. The Morgan fingerprint density at radius 1 is 1.07 bits per heavy atom. The number of ether oxygens (including phenoxy) is 2. The van der Waals surface area contributed by atoms with Gasteiger partial charge in [0.15, 0.2) is 0 Å². The van der Waals surface area contributed by atoms with Gasteiger partial charge >= 0.3 is 12.2 Å². The van der Waals surface area contributed by atoms with Crippen LogP contribution < -0.4 is 5.32 Å². The van der Waals surface area contributed by atoms with Gasteiger partial charge in [-0.2, -0.15) is 0 Å². The number of hydrogen-bond acceptors (Lipinski definition) is 7. The van der Waals surface area contributed by atoms with E-state index in [2.05, 4.69) is 5.32 Å². The van der Waals surface area contributed by atoms with Crippen molar-refractivity contribution in [2.45, 2.75) is 32.1 Å². The molecule has 10 nitrogen and oxygen atoms in total. The zero-order valence-electron chi connectivity index (χ0n) is 17.0. The minimum absolute atomic E-state index is 0.0361. The molecule has 166 valence electrons. The molecule has 30 heavy (non-hydrogen) atoms. The van der Waals surface area contributed by atoms with Gasteiger partial charge in [-0.3, -0.25) is 4.79 Å². The molecular formula is C20H29N3O7. The maximum Gasteiger partial charge on any atom is 0.409 e. The number of piperazine rings is 1. The molecule has 2 atom stereocenters. The molecule has 3 amide bonds. The van der Waals surface area contributed by atoms with E-state index in [0.717, 1.165) is 5.56 Å². The monoisotopic (exact) mass is 423 g/mol. The predicted octanol–water partition coefficient (Wildman–Crippen LogP) is 0.325. The largest absolute Gasteiger partial charge is 0.450 e. The highest BCUT2D eigenvalue weighted by molar-refractivity contribution is 5.86. The van der Waals surface area contributed by atoms with Crippen LogP contribution in [0.25, 0.3) is 0 Å². The van der Waals surface area contributed by atoms with E-state index in [0.29, 0.717) is 13.1 Å². The molecule has 3 N–H and O–H groups in total. The lowest BCUT2D eigenvalue weighted by Gasteiger charge is -2.36. The van der Waals surface area contributed by atoms with Crippen molar-refractivity contribution in [2.24, 2.45) is 0 Å². The molecule has 1 saturated heterocycles. The van der Waals surface area contributed by atoms with E-state index < -0.39 is 36.8 Å². The third-order valence-corrected chi connectivity index (χ3v) is 4.64. The second kappa shape index (κ2) is 12.0. The molecule has 2 rings (SSSR count). The molecule has 1 aliphatic rings. The highest BCUT2D eigenvalue weighted by atomic mass is 16.6. The molecule has 1 aromatic carbocycles. The van der Waals surface area contributed by atoms with Crippen molar-refractivity contribution in [3.8, 4) is 0 Å². The second-order valence-corrected chi connectivity index (χ2v) is 6.84. The van der Waals surface area contributed by atoms with E-state index in [9.17, 15) is 19.5 Å². The number of aliphatic hydroxyl groups is 2. The van der Waals surface area contributed by atoms with Crippen LogP contribution in [0, 0.1) is 0 Å². The number of rotatable bonds is 8. The molecule has 0 spiro atoms. The standard InChI is InChI=1S/C20H29N3O7/c1-2-29-20(28)23-10-8-22(9-11-23)18(26)17(12-16(25)13-24)21-19(27)30-14-15-6-4-3-5-7-15/h3-7,16-17,24-25H,2,8-14H2,1H3,(H,21,27)/t16-,17?/m0/s1. The van der Waals surface area contributed by atoms with Gasteiger partial charge in [0.1, 0.15) is 12.6 Å². The van der Waals surface area contributed by atoms with Crippen molar-refractivity contribution in [1.29, 1.82) is 0 Å². The molecule has 0 radical (unpaired) electrons. The minimum Gasteiger partial charge on any atom is -0.450 e. The summed E-state index contributed by atoms with van der Waals surface area (Å²) in [7, 11) is 0. The molecule has 1 aromatic rings. The topological polar surface area (TPSA) is 129 Å². The summed E-state index contributed by atoms with van der Waals surface area (Å²) in [6, 6.07) is 8.01. The van der Waals surface area contributed by atoms with Gasteiger partial charge < -0.3 is 34.8 Å². The third kappa shape index (κ3) is 7.20. The molecule has 10 heteroatoms. The summed E-state index contributed by atoms with van der Waals surface area (Å²) >= 11 is 0. The van der Waals surface area contributed by atoms with Gasteiger partial charge in [-0.05, 0) is 12.5 Å². The maximum atomic E-state index is 12.9. The van der Waals surface area contributed by atoms with E-state index in [1.165, 1.54) is 9.80 Å². The zero-order chi connectivity index (χ0) is 21.9. The fraction of sp³-hybridized carbons (Fsp3) is 0.550. The number of nitrogens with zero attached hydrogens (tertiary/aromatic N) is 2. The van der Waals surface area contributed by atoms with Crippen LogP contribution in [0.5, 0.6) is 0 Å². The van der Waals surface area contributed by atoms with Crippen molar-refractivity contribution in [1.82, 2.24) is 15.1 Å². The number of aliphatic hydroxyl groups excluding tert-OH is 2. The Morgan fingerprint density at radius 3 is 2.30 bits per heavy atom. The van der Waals surface area contributed by atoms with Crippen LogP contribution in [0.15, 0.2) is 30.3 Å². The molecule has 1 unspecified atom stereocenters. The zero-order valence-corrected chi connectivity index (χ0v) is 17.0. The molecule has 1 heterocycles. The lowest BCUT2D eigenvalue weighted by atomic mass is 10.1. The molecule has 0 aromatic heterocycles. The Hall–Kier alpha value is -2.85.